The molecule has 4 heteroatoms. The van der Waals surface area contributed by atoms with Crippen molar-refractivity contribution >= 4 is 29.1 Å². The highest BCUT2D eigenvalue weighted by Gasteiger charge is 2.12. The predicted octanol–water partition coefficient (Wildman–Crippen LogP) is 1.70. The van der Waals surface area contributed by atoms with Crippen LogP contribution in [-0.4, -0.2) is 16.8 Å². The first kappa shape index (κ1) is 10.0. The van der Waals surface area contributed by atoms with Gasteiger partial charge in [0.15, 0.2) is 4.84 Å². The number of alkyl halides is 2. The number of amides is 1. The zero-order valence-corrected chi connectivity index (χ0v) is 7.54. The Labute approximate surface area is 70.9 Å². The average molecular weight is 184 g/mol. The highest BCUT2D eigenvalue weighted by Crippen LogP contribution is 2.01. The fourth-order valence-electron chi connectivity index (χ4n) is 0.408. The smallest absolute Gasteiger partial charge is 0.253 e. The molecular formula is C6H11Cl2NO. The largest absolute Gasteiger partial charge is 0.351 e. The predicted molar refractivity (Wildman–Crippen MR) is 43.4 cm³/mol. The van der Waals surface area contributed by atoms with E-state index in [0.29, 0.717) is 0 Å². The van der Waals surface area contributed by atoms with Crippen LogP contribution < -0.4 is 5.32 Å². The molecule has 0 aromatic carbocycles. The van der Waals surface area contributed by atoms with Gasteiger partial charge in [-0.05, 0) is 13.3 Å². The van der Waals surface area contributed by atoms with Crippen molar-refractivity contribution in [2.24, 2.45) is 0 Å². The van der Waals surface area contributed by atoms with Gasteiger partial charge in [0.25, 0.3) is 5.91 Å². The number of hydrogen-bond donors (Lipinski definition) is 1. The fourth-order valence-corrected chi connectivity index (χ4v) is 0.534. The highest BCUT2D eigenvalue weighted by atomic mass is 35.5. The minimum atomic E-state index is -0.950. The second-order valence-electron chi connectivity index (χ2n) is 2.12. The van der Waals surface area contributed by atoms with Gasteiger partial charge in [-0.15, -0.1) is 0 Å². The van der Waals surface area contributed by atoms with E-state index >= 15 is 0 Å². The Hall–Kier alpha value is 0.0500. The molecule has 10 heavy (non-hydrogen) atoms. The first-order chi connectivity index (χ1) is 4.57. The molecule has 1 atom stereocenters. The molecule has 0 saturated heterocycles. The van der Waals surface area contributed by atoms with E-state index in [1.54, 1.807) is 0 Å². The second-order valence-corrected chi connectivity index (χ2v) is 3.21. The summed E-state index contributed by atoms with van der Waals surface area (Å²) in [4.78, 5) is 9.79. The topological polar surface area (TPSA) is 29.1 Å². The molecule has 0 unspecified atom stereocenters. The van der Waals surface area contributed by atoms with Crippen LogP contribution in [0.5, 0.6) is 0 Å². The summed E-state index contributed by atoms with van der Waals surface area (Å²) in [6.45, 7) is 3.87. The van der Waals surface area contributed by atoms with Crippen molar-refractivity contribution in [3.05, 3.63) is 0 Å². The maximum Gasteiger partial charge on any atom is 0.253 e. The van der Waals surface area contributed by atoms with Gasteiger partial charge in [-0.25, -0.2) is 0 Å². The third-order valence-corrected chi connectivity index (χ3v) is 1.60. The first-order valence-electron chi connectivity index (χ1n) is 3.16. The van der Waals surface area contributed by atoms with E-state index in [0.717, 1.165) is 6.42 Å². The second kappa shape index (κ2) is 4.80. The van der Waals surface area contributed by atoms with E-state index in [1.165, 1.54) is 0 Å². The molecule has 0 radical (unpaired) electrons. The van der Waals surface area contributed by atoms with Gasteiger partial charge in [-0.3, -0.25) is 4.79 Å². The van der Waals surface area contributed by atoms with Crippen molar-refractivity contribution in [3.8, 4) is 0 Å². The molecule has 2 nitrogen and oxygen atoms in total. The van der Waals surface area contributed by atoms with Gasteiger partial charge in [0.05, 0.1) is 0 Å². The third kappa shape index (κ3) is 3.96. The van der Waals surface area contributed by atoms with E-state index in [9.17, 15) is 4.79 Å². The molecule has 0 rings (SSSR count). The standard InChI is InChI=1S/C6H11Cl2NO/c1-3-4(2)9-6(10)5(7)8/h4-5H,3H2,1-2H3,(H,9,10)/t4-/m0/s1. The summed E-state index contributed by atoms with van der Waals surface area (Å²) >= 11 is 10.6. The number of carbonyl (C=O) groups is 1. The first-order valence-corrected chi connectivity index (χ1v) is 4.03. The molecule has 0 spiro atoms. The number of halogens is 2. The van der Waals surface area contributed by atoms with Gasteiger partial charge >= 0.3 is 0 Å². The maximum atomic E-state index is 10.7. The normalized spacial score (nSPS) is 13.3. The summed E-state index contributed by atoms with van der Waals surface area (Å²) in [6, 6.07) is 0.146. The molecule has 0 heterocycles. The monoisotopic (exact) mass is 183 g/mol. The van der Waals surface area contributed by atoms with E-state index in [1.807, 2.05) is 13.8 Å². The Morgan fingerprint density at radius 3 is 2.40 bits per heavy atom. The van der Waals surface area contributed by atoms with Gasteiger partial charge in [0.2, 0.25) is 0 Å². The lowest BCUT2D eigenvalue weighted by Crippen LogP contribution is -2.35. The van der Waals surface area contributed by atoms with Crippen LogP contribution in [0.3, 0.4) is 0 Å². The van der Waals surface area contributed by atoms with Crippen molar-refractivity contribution in [2.75, 3.05) is 0 Å². The van der Waals surface area contributed by atoms with Crippen LogP contribution in [0.15, 0.2) is 0 Å². The Bertz CT molecular complexity index is 116. The molecule has 0 aromatic rings. The SMILES string of the molecule is CC[C@H](C)NC(=O)C(Cl)Cl. The summed E-state index contributed by atoms with van der Waals surface area (Å²) < 4.78 is 0. The number of carbonyl (C=O) groups excluding carboxylic acids is 1. The molecule has 1 amide bonds. The summed E-state index contributed by atoms with van der Waals surface area (Å²) in [6.07, 6.45) is 0.881. The van der Waals surface area contributed by atoms with E-state index in [2.05, 4.69) is 5.32 Å². The number of rotatable bonds is 3. The van der Waals surface area contributed by atoms with E-state index < -0.39 is 4.84 Å². The summed E-state index contributed by atoms with van der Waals surface area (Å²) in [5, 5.41) is 2.63. The summed E-state index contributed by atoms with van der Waals surface area (Å²) in [5.74, 6) is -0.322. The van der Waals surface area contributed by atoms with Crippen molar-refractivity contribution in [2.45, 2.75) is 31.1 Å². The Balaban J connectivity index is 3.57. The Morgan fingerprint density at radius 2 is 2.10 bits per heavy atom. The quantitative estimate of drug-likeness (QED) is 0.664. The molecule has 0 aliphatic rings. The van der Waals surface area contributed by atoms with Crippen LogP contribution in [0, 0.1) is 0 Å². The maximum absolute atomic E-state index is 10.7. The zero-order valence-electron chi connectivity index (χ0n) is 6.03. The minimum Gasteiger partial charge on any atom is -0.351 e. The van der Waals surface area contributed by atoms with E-state index in [4.69, 9.17) is 23.2 Å². The number of hydrogen-bond acceptors (Lipinski definition) is 1. The summed E-state index contributed by atoms with van der Waals surface area (Å²) in [7, 11) is 0. The molecular weight excluding hydrogens is 173 g/mol. The summed E-state index contributed by atoms with van der Waals surface area (Å²) in [5.41, 5.74) is 0. The van der Waals surface area contributed by atoms with Crippen LogP contribution in [0.25, 0.3) is 0 Å². The lowest BCUT2D eigenvalue weighted by molar-refractivity contribution is -0.120. The molecule has 0 aliphatic heterocycles. The van der Waals surface area contributed by atoms with Gasteiger partial charge in [0.1, 0.15) is 0 Å². The highest BCUT2D eigenvalue weighted by molar-refractivity contribution is 6.53. The lowest BCUT2D eigenvalue weighted by Gasteiger charge is -2.10. The van der Waals surface area contributed by atoms with Crippen LogP contribution in [-0.2, 0) is 4.79 Å². The molecule has 0 aliphatic carbocycles. The Morgan fingerprint density at radius 1 is 1.60 bits per heavy atom. The van der Waals surface area contributed by atoms with Crippen LogP contribution >= 0.6 is 23.2 Å². The van der Waals surface area contributed by atoms with Gasteiger partial charge in [-0.2, -0.15) is 0 Å². The van der Waals surface area contributed by atoms with Gasteiger partial charge in [0, 0.05) is 6.04 Å². The molecule has 0 fully saturated rings. The number of nitrogens with one attached hydrogen (secondary N) is 1. The van der Waals surface area contributed by atoms with Crippen molar-refractivity contribution in [3.63, 3.8) is 0 Å². The van der Waals surface area contributed by atoms with Gasteiger partial charge in [-0.1, -0.05) is 30.1 Å². The van der Waals surface area contributed by atoms with Crippen LogP contribution in [0.4, 0.5) is 0 Å². The third-order valence-electron chi connectivity index (χ3n) is 1.20. The molecule has 0 bridgehead atoms. The van der Waals surface area contributed by atoms with Crippen molar-refractivity contribution in [1.82, 2.24) is 5.32 Å². The minimum absolute atomic E-state index is 0.146. The Kier molecular flexibility index (Phi) is 4.83. The van der Waals surface area contributed by atoms with Crippen LogP contribution in [0.1, 0.15) is 20.3 Å². The molecule has 0 saturated carbocycles. The zero-order chi connectivity index (χ0) is 8.15. The van der Waals surface area contributed by atoms with Crippen molar-refractivity contribution in [1.29, 1.82) is 0 Å². The molecule has 0 aromatic heterocycles. The lowest BCUT2D eigenvalue weighted by atomic mass is 10.3. The van der Waals surface area contributed by atoms with Crippen LogP contribution in [0.2, 0.25) is 0 Å². The molecule has 1 N–H and O–H groups in total. The molecule has 60 valence electrons. The fraction of sp³-hybridized carbons (Fsp3) is 0.833. The van der Waals surface area contributed by atoms with Crippen molar-refractivity contribution < 1.29 is 4.79 Å². The van der Waals surface area contributed by atoms with E-state index in [-0.39, 0.29) is 11.9 Å². The van der Waals surface area contributed by atoms with Gasteiger partial charge < -0.3 is 5.32 Å². The average Bonchev–Trinajstić information content (AvgIpc) is 1.87.